The maximum Gasteiger partial charge on any atom is 0.316 e. The van der Waals surface area contributed by atoms with Crippen LogP contribution in [0.15, 0.2) is 65.6 Å². The molecular weight excluding hydrogens is 364 g/mol. The van der Waals surface area contributed by atoms with Crippen molar-refractivity contribution in [1.82, 2.24) is 20.8 Å². The molecule has 0 saturated heterocycles. The second kappa shape index (κ2) is 8.31. The molecule has 1 heterocycles. The largest absolute Gasteiger partial charge is 0.423 e. The van der Waals surface area contributed by atoms with Gasteiger partial charge in [-0.05, 0) is 43.5 Å². The van der Waals surface area contributed by atoms with E-state index in [9.17, 15) is 4.79 Å². The Labute approximate surface area is 171 Å². The molecule has 0 bridgehead atoms. The summed E-state index contributed by atoms with van der Waals surface area (Å²) in [6, 6.07) is 16.7. The monoisotopic (exact) mass is 390 g/mol. The Bertz CT molecular complexity index is 1010. The van der Waals surface area contributed by atoms with Gasteiger partial charge in [-0.1, -0.05) is 60.7 Å². The van der Waals surface area contributed by atoms with Crippen LogP contribution in [0.3, 0.4) is 0 Å². The average molecular weight is 390 g/mol. The van der Waals surface area contributed by atoms with Crippen molar-refractivity contribution in [3.05, 3.63) is 89.6 Å². The molecule has 1 atom stereocenters. The molecule has 0 radical (unpaired) electrons. The molecule has 3 aromatic rings. The summed E-state index contributed by atoms with van der Waals surface area (Å²) in [7, 11) is 0. The number of aromatic nitrogens is 2. The summed E-state index contributed by atoms with van der Waals surface area (Å²) >= 11 is 0. The Balaban J connectivity index is 1.81. The molecular formula is C23H26N4O2. The van der Waals surface area contributed by atoms with Gasteiger partial charge < -0.3 is 15.1 Å². The normalized spacial score (nSPS) is 12.3. The van der Waals surface area contributed by atoms with Gasteiger partial charge in [-0.3, -0.25) is 0 Å². The zero-order valence-electron chi connectivity index (χ0n) is 17.2. The summed E-state index contributed by atoms with van der Waals surface area (Å²) < 4.78 is 5.58. The summed E-state index contributed by atoms with van der Waals surface area (Å²) in [5.41, 5.74) is 3.26. The Morgan fingerprint density at radius 3 is 2.45 bits per heavy atom. The molecule has 1 aromatic heterocycles. The Hall–Kier alpha value is -3.41. The van der Waals surface area contributed by atoms with Crippen molar-refractivity contribution in [2.75, 3.05) is 0 Å². The van der Waals surface area contributed by atoms with E-state index in [1.807, 2.05) is 75.4 Å². The summed E-state index contributed by atoms with van der Waals surface area (Å²) in [5, 5.41) is 14.0. The molecule has 0 spiro atoms. The highest BCUT2D eigenvalue weighted by molar-refractivity contribution is 5.76. The van der Waals surface area contributed by atoms with Crippen LogP contribution in [0.25, 0.3) is 5.57 Å². The maximum atomic E-state index is 12.9. The highest BCUT2D eigenvalue weighted by Gasteiger charge is 2.27. The number of hydrogen-bond donors (Lipinski definition) is 2. The van der Waals surface area contributed by atoms with Crippen molar-refractivity contribution in [1.29, 1.82) is 0 Å². The molecule has 1 unspecified atom stereocenters. The maximum absolute atomic E-state index is 12.9. The van der Waals surface area contributed by atoms with Gasteiger partial charge in [0.1, 0.15) is 6.04 Å². The van der Waals surface area contributed by atoms with Crippen LogP contribution in [-0.2, 0) is 5.54 Å². The minimum absolute atomic E-state index is 0.333. The van der Waals surface area contributed by atoms with E-state index in [1.165, 1.54) is 0 Å². The molecule has 29 heavy (non-hydrogen) atoms. The highest BCUT2D eigenvalue weighted by Crippen LogP contribution is 2.25. The van der Waals surface area contributed by atoms with Crippen LogP contribution in [0.4, 0.5) is 4.79 Å². The van der Waals surface area contributed by atoms with Crippen LogP contribution >= 0.6 is 0 Å². The summed E-state index contributed by atoms with van der Waals surface area (Å²) in [6.07, 6.45) is 0. The number of aryl methyl sites for hydroxylation is 1. The highest BCUT2D eigenvalue weighted by atomic mass is 16.4. The molecule has 3 rings (SSSR count). The first-order chi connectivity index (χ1) is 13.8. The minimum atomic E-state index is -0.596. The SMILES string of the molecule is C=C(C)c1cccc(C(C)(C)NC(=O)NC(c2ccccc2)c2nnc(C)o2)c1. The number of rotatable bonds is 6. The molecule has 2 N–H and O–H groups in total. The number of nitrogens with one attached hydrogen (secondary N) is 2. The zero-order valence-corrected chi connectivity index (χ0v) is 17.2. The zero-order chi connectivity index (χ0) is 21.0. The standard InChI is InChI=1S/C23H26N4O2/c1-15(2)18-12-9-13-19(14-18)23(4,5)25-22(28)24-20(17-10-7-6-8-11-17)21-27-26-16(3)29-21/h6-14,20H,1H2,2-5H3,(H2,24,25,28). The van der Waals surface area contributed by atoms with Crippen molar-refractivity contribution < 1.29 is 9.21 Å². The third-order valence-electron chi connectivity index (χ3n) is 4.70. The van der Waals surface area contributed by atoms with Crippen LogP contribution in [-0.4, -0.2) is 16.2 Å². The molecule has 150 valence electrons. The first-order valence-corrected chi connectivity index (χ1v) is 9.46. The number of benzene rings is 2. The van der Waals surface area contributed by atoms with Crippen molar-refractivity contribution in [3.8, 4) is 0 Å². The van der Waals surface area contributed by atoms with Gasteiger partial charge in [0.2, 0.25) is 11.8 Å². The lowest BCUT2D eigenvalue weighted by Gasteiger charge is -2.28. The molecule has 2 amide bonds. The molecule has 0 aliphatic rings. The van der Waals surface area contributed by atoms with Gasteiger partial charge in [0.25, 0.3) is 0 Å². The van der Waals surface area contributed by atoms with Crippen LogP contribution in [0, 0.1) is 6.92 Å². The summed E-state index contributed by atoms with van der Waals surface area (Å²) in [4.78, 5) is 12.9. The lowest BCUT2D eigenvalue weighted by Crippen LogP contribution is -2.47. The lowest BCUT2D eigenvalue weighted by molar-refractivity contribution is 0.225. The van der Waals surface area contributed by atoms with Gasteiger partial charge in [0.05, 0.1) is 5.54 Å². The van der Waals surface area contributed by atoms with Crippen LogP contribution < -0.4 is 10.6 Å². The lowest BCUT2D eigenvalue weighted by atomic mass is 9.92. The van der Waals surface area contributed by atoms with Gasteiger partial charge in [-0.15, -0.1) is 10.2 Å². The van der Waals surface area contributed by atoms with E-state index in [4.69, 9.17) is 4.42 Å². The second-order valence-corrected chi connectivity index (χ2v) is 7.59. The summed E-state index contributed by atoms with van der Waals surface area (Å²) in [6.45, 7) is 11.6. The second-order valence-electron chi connectivity index (χ2n) is 7.59. The number of allylic oxidation sites excluding steroid dienone is 1. The Morgan fingerprint density at radius 2 is 1.83 bits per heavy atom. The van der Waals surface area contributed by atoms with E-state index in [2.05, 4.69) is 27.4 Å². The minimum Gasteiger partial charge on any atom is -0.423 e. The van der Waals surface area contributed by atoms with Crippen molar-refractivity contribution >= 4 is 11.6 Å². The van der Waals surface area contributed by atoms with Gasteiger partial charge in [0, 0.05) is 6.92 Å². The van der Waals surface area contributed by atoms with E-state index >= 15 is 0 Å². The van der Waals surface area contributed by atoms with Gasteiger partial charge >= 0.3 is 6.03 Å². The Morgan fingerprint density at radius 1 is 1.10 bits per heavy atom. The number of urea groups is 1. The number of carbonyl (C=O) groups excluding carboxylic acids is 1. The fourth-order valence-corrected chi connectivity index (χ4v) is 3.06. The topological polar surface area (TPSA) is 80.0 Å². The molecule has 0 saturated carbocycles. The van der Waals surface area contributed by atoms with Crippen LogP contribution in [0.2, 0.25) is 0 Å². The first kappa shape index (κ1) is 20.3. The fourth-order valence-electron chi connectivity index (χ4n) is 3.06. The van der Waals surface area contributed by atoms with Crippen molar-refractivity contribution in [3.63, 3.8) is 0 Å². The van der Waals surface area contributed by atoms with E-state index in [0.29, 0.717) is 11.8 Å². The fraction of sp³-hybridized carbons (Fsp3) is 0.261. The molecule has 0 fully saturated rings. The number of amides is 2. The quantitative estimate of drug-likeness (QED) is 0.637. The molecule has 6 heteroatoms. The van der Waals surface area contributed by atoms with E-state index in [0.717, 1.165) is 22.3 Å². The third kappa shape index (κ3) is 4.90. The number of carbonyl (C=O) groups is 1. The average Bonchev–Trinajstić information content (AvgIpc) is 3.12. The van der Waals surface area contributed by atoms with E-state index in [-0.39, 0.29) is 6.03 Å². The predicted molar refractivity (Wildman–Crippen MR) is 113 cm³/mol. The Kier molecular flexibility index (Phi) is 5.82. The predicted octanol–water partition coefficient (Wildman–Crippen LogP) is 4.74. The van der Waals surface area contributed by atoms with Gasteiger partial charge in [0.15, 0.2) is 0 Å². The van der Waals surface area contributed by atoms with Crippen molar-refractivity contribution in [2.24, 2.45) is 0 Å². The van der Waals surface area contributed by atoms with Crippen molar-refractivity contribution in [2.45, 2.75) is 39.3 Å². The van der Waals surface area contributed by atoms with E-state index < -0.39 is 11.6 Å². The third-order valence-corrected chi connectivity index (χ3v) is 4.70. The molecule has 0 aliphatic heterocycles. The van der Waals surface area contributed by atoms with Crippen LogP contribution in [0.5, 0.6) is 0 Å². The van der Waals surface area contributed by atoms with E-state index in [1.54, 1.807) is 6.92 Å². The number of nitrogens with zero attached hydrogens (tertiary/aromatic N) is 2. The smallest absolute Gasteiger partial charge is 0.316 e. The summed E-state index contributed by atoms with van der Waals surface area (Å²) in [5.74, 6) is 0.783. The molecule has 6 nitrogen and oxygen atoms in total. The first-order valence-electron chi connectivity index (χ1n) is 9.46. The van der Waals surface area contributed by atoms with Crippen LogP contribution in [0.1, 0.15) is 55.3 Å². The molecule has 2 aromatic carbocycles. The number of hydrogen-bond acceptors (Lipinski definition) is 4. The molecule has 0 aliphatic carbocycles. The van der Waals surface area contributed by atoms with Gasteiger partial charge in [-0.25, -0.2) is 4.79 Å². The van der Waals surface area contributed by atoms with Gasteiger partial charge in [-0.2, -0.15) is 0 Å².